The average molecular weight is 273 g/mol. The topological polar surface area (TPSA) is 38.9 Å². The Bertz CT molecular complexity index is 582. The Morgan fingerprint density at radius 2 is 1.83 bits per heavy atom. The van der Waals surface area contributed by atoms with Gasteiger partial charge in [-0.2, -0.15) is 13.2 Å². The van der Waals surface area contributed by atoms with Crippen molar-refractivity contribution < 1.29 is 13.2 Å². The smallest absolute Gasteiger partial charge is 0.398 e. The summed E-state index contributed by atoms with van der Waals surface area (Å²) in [6, 6.07) is 7.55. The van der Waals surface area contributed by atoms with E-state index in [0.717, 1.165) is 12.3 Å². The van der Waals surface area contributed by atoms with Crippen molar-refractivity contribution in [3.8, 4) is 11.3 Å². The van der Waals surface area contributed by atoms with Crippen LogP contribution >= 0.6 is 11.6 Å². The number of alkyl halides is 3. The Balaban J connectivity index is 2.52. The van der Waals surface area contributed by atoms with E-state index in [1.165, 1.54) is 0 Å². The summed E-state index contributed by atoms with van der Waals surface area (Å²) in [7, 11) is 0. The fraction of sp³-hybridized carbons (Fsp3) is 0.0833. The van der Waals surface area contributed by atoms with E-state index in [2.05, 4.69) is 4.98 Å². The third kappa shape index (κ3) is 2.41. The van der Waals surface area contributed by atoms with Crippen LogP contribution in [0, 0.1) is 0 Å². The molecular formula is C12H8ClF3N2. The summed E-state index contributed by atoms with van der Waals surface area (Å²) in [5.74, 6) is 0. The van der Waals surface area contributed by atoms with Gasteiger partial charge in [-0.3, -0.25) is 4.98 Å². The molecule has 0 amide bonds. The van der Waals surface area contributed by atoms with Crippen molar-refractivity contribution in [2.45, 2.75) is 6.18 Å². The maximum atomic E-state index is 12.5. The Kier molecular flexibility index (Phi) is 3.17. The molecule has 0 aliphatic heterocycles. The van der Waals surface area contributed by atoms with E-state index in [4.69, 9.17) is 17.3 Å². The Morgan fingerprint density at radius 1 is 1.17 bits per heavy atom. The highest BCUT2D eigenvalue weighted by Crippen LogP contribution is 2.35. The Morgan fingerprint density at radius 3 is 2.39 bits per heavy atom. The lowest BCUT2D eigenvalue weighted by atomic mass is 10.1. The second kappa shape index (κ2) is 4.49. The molecule has 0 saturated carbocycles. The Labute approximate surface area is 106 Å². The third-order valence-electron chi connectivity index (χ3n) is 2.38. The van der Waals surface area contributed by atoms with Crippen LogP contribution < -0.4 is 5.73 Å². The molecule has 94 valence electrons. The van der Waals surface area contributed by atoms with Crippen molar-refractivity contribution in [3.63, 3.8) is 0 Å². The lowest BCUT2D eigenvalue weighted by Crippen LogP contribution is -2.06. The van der Waals surface area contributed by atoms with Crippen LogP contribution in [0.1, 0.15) is 5.56 Å². The highest BCUT2D eigenvalue weighted by Gasteiger charge is 2.31. The van der Waals surface area contributed by atoms with Crippen LogP contribution in [-0.2, 0) is 6.18 Å². The average Bonchev–Trinajstić information content (AvgIpc) is 2.29. The fourth-order valence-electron chi connectivity index (χ4n) is 1.50. The molecule has 0 aliphatic rings. The van der Waals surface area contributed by atoms with Crippen LogP contribution in [0.3, 0.4) is 0 Å². The predicted molar refractivity (Wildman–Crippen MR) is 64.1 cm³/mol. The monoisotopic (exact) mass is 272 g/mol. The van der Waals surface area contributed by atoms with Gasteiger partial charge in [0.25, 0.3) is 0 Å². The number of nitrogen functional groups attached to an aromatic ring is 1. The van der Waals surface area contributed by atoms with Crippen LogP contribution in [0.4, 0.5) is 18.9 Å². The number of hydrogen-bond donors (Lipinski definition) is 1. The summed E-state index contributed by atoms with van der Waals surface area (Å²) in [4.78, 5) is 3.74. The summed E-state index contributed by atoms with van der Waals surface area (Å²) >= 11 is 5.82. The number of nitrogens with zero attached hydrogens (tertiary/aromatic N) is 1. The van der Waals surface area contributed by atoms with Crippen molar-refractivity contribution in [1.82, 2.24) is 4.98 Å². The number of benzene rings is 1. The summed E-state index contributed by atoms with van der Waals surface area (Å²) in [5.41, 5.74) is 6.00. The van der Waals surface area contributed by atoms with E-state index in [1.54, 1.807) is 24.3 Å². The van der Waals surface area contributed by atoms with Crippen molar-refractivity contribution in [2.24, 2.45) is 0 Å². The summed E-state index contributed by atoms with van der Waals surface area (Å²) in [6.45, 7) is 0. The van der Waals surface area contributed by atoms with Gasteiger partial charge < -0.3 is 5.73 Å². The van der Waals surface area contributed by atoms with Crippen LogP contribution in [-0.4, -0.2) is 4.98 Å². The molecule has 0 fully saturated rings. The zero-order valence-electron chi connectivity index (χ0n) is 9.00. The van der Waals surface area contributed by atoms with Crippen molar-refractivity contribution in [3.05, 3.63) is 47.1 Å². The van der Waals surface area contributed by atoms with Gasteiger partial charge in [0.05, 0.1) is 16.3 Å². The number of pyridine rings is 1. The summed E-state index contributed by atoms with van der Waals surface area (Å²) < 4.78 is 37.4. The number of anilines is 1. The van der Waals surface area contributed by atoms with Crippen molar-refractivity contribution in [1.29, 1.82) is 0 Å². The van der Waals surface area contributed by atoms with Crippen LogP contribution in [0.25, 0.3) is 11.3 Å². The van der Waals surface area contributed by atoms with Gasteiger partial charge in [0.2, 0.25) is 0 Å². The molecule has 1 heterocycles. The minimum Gasteiger partial charge on any atom is -0.398 e. The summed E-state index contributed by atoms with van der Waals surface area (Å²) in [5, 5.41) is -0.0808. The van der Waals surface area contributed by atoms with Gasteiger partial charge in [0.15, 0.2) is 0 Å². The fourth-order valence-corrected chi connectivity index (χ4v) is 1.77. The highest BCUT2D eigenvalue weighted by molar-refractivity contribution is 6.33. The second-order valence-corrected chi connectivity index (χ2v) is 4.05. The quantitative estimate of drug-likeness (QED) is 0.797. The molecule has 2 N–H and O–H groups in total. The zero-order valence-corrected chi connectivity index (χ0v) is 9.76. The maximum absolute atomic E-state index is 12.5. The van der Waals surface area contributed by atoms with Gasteiger partial charge in [0, 0.05) is 17.4 Å². The van der Waals surface area contributed by atoms with Gasteiger partial charge in [0.1, 0.15) is 0 Å². The molecule has 0 bridgehead atoms. The van der Waals surface area contributed by atoms with Gasteiger partial charge in [-0.25, -0.2) is 0 Å². The molecule has 0 aliphatic carbocycles. The van der Waals surface area contributed by atoms with E-state index in [-0.39, 0.29) is 10.7 Å². The Hall–Kier alpha value is -1.75. The highest BCUT2D eigenvalue weighted by atomic mass is 35.5. The van der Waals surface area contributed by atoms with Gasteiger partial charge in [-0.15, -0.1) is 0 Å². The van der Waals surface area contributed by atoms with Gasteiger partial charge in [-0.1, -0.05) is 29.8 Å². The molecule has 1 aromatic heterocycles. The standard InChI is InChI=1S/C12H8ClF3N2/c13-9-5-7(12(14,15)16)6-18-11(9)8-3-1-2-4-10(8)17/h1-6H,17H2. The molecule has 0 unspecified atom stereocenters. The van der Waals surface area contributed by atoms with Crippen LogP contribution in [0.2, 0.25) is 5.02 Å². The third-order valence-corrected chi connectivity index (χ3v) is 2.67. The molecule has 1 aromatic carbocycles. The molecule has 2 rings (SSSR count). The first kappa shape index (κ1) is 12.7. The number of aromatic nitrogens is 1. The summed E-state index contributed by atoms with van der Waals surface area (Å²) in [6.07, 6.45) is -3.72. The zero-order chi connectivity index (χ0) is 13.3. The normalized spacial score (nSPS) is 11.6. The minimum absolute atomic E-state index is 0.0808. The molecule has 2 aromatic rings. The van der Waals surface area contributed by atoms with Crippen molar-refractivity contribution >= 4 is 17.3 Å². The first-order valence-corrected chi connectivity index (χ1v) is 5.35. The molecule has 0 atom stereocenters. The number of nitrogens with two attached hydrogens (primary N) is 1. The molecule has 2 nitrogen and oxygen atoms in total. The lowest BCUT2D eigenvalue weighted by molar-refractivity contribution is -0.137. The van der Waals surface area contributed by atoms with Crippen LogP contribution in [0.5, 0.6) is 0 Å². The molecule has 0 radical (unpaired) electrons. The molecule has 6 heteroatoms. The van der Waals surface area contributed by atoms with E-state index < -0.39 is 11.7 Å². The van der Waals surface area contributed by atoms with E-state index in [0.29, 0.717) is 11.3 Å². The second-order valence-electron chi connectivity index (χ2n) is 3.64. The van der Waals surface area contributed by atoms with Gasteiger partial charge >= 0.3 is 6.18 Å². The number of para-hydroxylation sites is 1. The maximum Gasteiger partial charge on any atom is 0.417 e. The van der Waals surface area contributed by atoms with E-state index in [9.17, 15) is 13.2 Å². The van der Waals surface area contributed by atoms with E-state index >= 15 is 0 Å². The largest absolute Gasteiger partial charge is 0.417 e. The van der Waals surface area contributed by atoms with Crippen LogP contribution in [0.15, 0.2) is 36.5 Å². The molecule has 0 saturated heterocycles. The molecular weight excluding hydrogens is 265 g/mol. The molecule has 0 spiro atoms. The lowest BCUT2D eigenvalue weighted by Gasteiger charge is -2.10. The SMILES string of the molecule is Nc1ccccc1-c1ncc(C(F)(F)F)cc1Cl. The van der Waals surface area contributed by atoms with E-state index in [1.807, 2.05) is 0 Å². The predicted octanol–water partition coefficient (Wildman–Crippen LogP) is 4.00. The first-order chi connectivity index (χ1) is 8.39. The number of halogens is 4. The molecule has 18 heavy (non-hydrogen) atoms. The van der Waals surface area contributed by atoms with Crippen molar-refractivity contribution in [2.75, 3.05) is 5.73 Å². The minimum atomic E-state index is -4.46. The van der Waals surface area contributed by atoms with Gasteiger partial charge in [-0.05, 0) is 12.1 Å². The number of hydrogen-bond acceptors (Lipinski definition) is 2. The first-order valence-electron chi connectivity index (χ1n) is 4.97. The number of rotatable bonds is 1.